The van der Waals surface area contributed by atoms with Crippen molar-refractivity contribution < 1.29 is 9.90 Å². The van der Waals surface area contributed by atoms with Crippen LogP contribution in [0, 0.1) is 5.92 Å². The maximum atomic E-state index is 11.3. The molecule has 0 saturated carbocycles. The van der Waals surface area contributed by atoms with Crippen LogP contribution in [0.25, 0.3) is 0 Å². The Morgan fingerprint density at radius 2 is 1.84 bits per heavy atom. The number of benzene rings is 2. The molecule has 2 aromatic carbocycles. The second kappa shape index (κ2) is 8.15. The van der Waals surface area contributed by atoms with Gasteiger partial charge in [-0.15, -0.1) is 0 Å². The third kappa shape index (κ3) is 4.31. The molecule has 4 heteroatoms. The number of nitrogens with zero attached hydrogens (tertiary/aromatic N) is 1. The first-order valence-corrected chi connectivity index (χ1v) is 9.69. The summed E-state index contributed by atoms with van der Waals surface area (Å²) >= 11 is 3.58. The van der Waals surface area contributed by atoms with E-state index in [1.165, 1.54) is 16.7 Å². The molecule has 1 saturated heterocycles. The highest BCUT2D eigenvalue weighted by molar-refractivity contribution is 9.10. The quantitative estimate of drug-likeness (QED) is 0.774. The van der Waals surface area contributed by atoms with Crippen molar-refractivity contribution in [3.05, 3.63) is 69.7 Å². The van der Waals surface area contributed by atoms with Crippen molar-refractivity contribution in [1.82, 2.24) is 4.90 Å². The molecule has 0 bridgehead atoms. The van der Waals surface area contributed by atoms with Gasteiger partial charge in [-0.25, -0.2) is 0 Å². The van der Waals surface area contributed by atoms with E-state index in [1.807, 2.05) is 6.07 Å². The van der Waals surface area contributed by atoms with Crippen molar-refractivity contribution in [3.63, 3.8) is 0 Å². The fourth-order valence-electron chi connectivity index (χ4n) is 3.63. The van der Waals surface area contributed by atoms with Gasteiger partial charge in [-0.05, 0) is 61.2 Å². The summed E-state index contributed by atoms with van der Waals surface area (Å²) in [4.78, 5) is 13.7. The highest BCUT2D eigenvalue weighted by Gasteiger charge is 2.30. The maximum Gasteiger partial charge on any atom is 0.306 e. The van der Waals surface area contributed by atoms with Gasteiger partial charge >= 0.3 is 5.97 Å². The van der Waals surface area contributed by atoms with Crippen LogP contribution in [0.1, 0.15) is 42.5 Å². The van der Waals surface area contributed by atoms with E-state index >= 15 is 0 Å². The molecule has 0 aliphatic carbocycles. The second-order valence-electron chi connectivity index (χ2n) is 6.70. The third-order valence-electron chi connectivity index (χ3n) is 5.11. The van der Waals surface area contributed by atoms with Crippen LogP contribution in [0.5, 0.6) is 0 Å². The normalized spacial score (nSPS) is 17.4. The minimum absolute atomic E-state index is 0.165. The van der Waals surface area contributed by atoms with E-state index in [0.717, 1.165) is 24.0 Å². The highest BCUT2D eigenvalue weighted by atomic mass is 79.9. The van der Waals surface area contributed by atoms with Crippen LogP contribution in [0.2, 0.25) is 0 Å². The first-order chi connectivity index (χ1) is 12.1. The Kier molecular flexibility index (Phi) is 5.92. The zero-order valence-corrected chi connectivity index (χ0v) is 16.1. The van der Waals surface area contributed by atoms with Gasteiger partial charge in [-0.2, -0.15) is 0 Å². The summed E-state index contributed by atoms with van der Waals surface area (Å²) < 4.78 is 1.07. The number of carboxylic acids is 1. The summed E-state index contributed by atoms with van der Waals surface area (Å²) in [5.41, 5.74) is 3.85. The number of piperidine rings is 1. The zero-order chi connectivity index (χ0) is 17.8. The van der Waals surface area contributed by atoms with Crippen molar-refractivity contribution in [2.45, 2.75) is 32.2 Å². The smallest absolute Gasteiger partial charge is 0.306 e. The average molecular weight is 402 g/mol. The summed E-state index contributed by atoms with van der Waals surface area (Å²) in [5.74, 6) is -0.868. The van der Waals surface area contributed by atoms with Gasteiger partial charge in [0.25, 0.3) is 0 Å². The molecule has 0 aromatic heterocycles. The van der Waals surface area contributed by atoms with Gasteiger partial charge < -0.3 is 5.11 Å². The molecule has 3 rings (SSSR count). The van der Waals surface area contributed by atoms with Gasteiger partial charge in [0.05, 0.1) is 12.0 Å². The molecule has 2 aromatic rings. The second-order valence-corrected chi connectivity index (χ2v) is 7.62. The van der Waals surface area contributed by atoms with Crippen molar-refractivity contribution in [2.75, 3.05) is 13.1 Å². The monoisotopic (exact) mass is 401 g/mol. The van der Waals surface area contributed by atoms with Crippen molar-refractivity contribution >= 4 is 21.9 Å². The lowest BCUT2D eigenvalue weighted by atomic mass is 9.91. The zero-order valence-electron chi connectivity index (χ0n) is 14.5. The number of halogens is 1. The Morgan fingerprint density at radius 3 is 2.40 bits per heavy atom. The molecule has 132 valence electrons. The van der Waals surface area contributed by atoms with E-state index in [4.69, 9.17) is 0 Å². The molecule has 1 atom stereocenters. The van der Waals surface area contributed by atoms with Gasteiger partial charge in [0, 0.05) is 4.47 Å². The summed E-state index contributed by atoms with van der Waals surface area (Å²) in [6, 6.07) is 17.4. The molecule has 0 radical (unpaired) electrons. The van der Waals surface area contributed by atoms with Crippen LogP contribution >= 0.6 is 15.9 Å². The van der Waals surface area contributed by atoms with E-state index in [-0.39, 0.29) is 12.0 Å². The highest BCUT2D eigenvalue weighted by Crippen LogP contribution is 2.33. The molecule has 1 heterocycles. The number of carboxylic acid groups (broad SMARTS) is 1. The summed E-state index contributed by atoms with van der Waals surface area (Å²) in [7, 11) is 0. The lowest BCUT2D eigenvalue weighted by Crippen LogP contribution is -2.39. The number of aryl methyl sites for hydroxylation is 1. The summed E-state index contributed by atoms with van der Waals surface area (Å²) in [6.07, 6.45) is 2.46. The molecule has 1 fully saturated rings. The molecule has 1 N–H and O–H groups in total. The number of aliphatic carboxylic acids is 1. The summed E-state index contributed by atoms with van der Waals surface area (Å²) in [5, 5.41) is 9.27. The van der Waals surface area contributed by atoms with Crippen LogP contribution in [-0.2, 0) is 11.2 Å². The molecule has 1 aliphatic rings. The Hall–Kier alpha value is -1.65. The molecular formula is C21H24BrNO2. The predicted molar refractivity (Wildman–Crippen MR) is 104 cm³/mol. The SMILES string of the molecule is CCc1ccc(C(c2cccc(Br)c2)N2CCC(C(=O)O)CC2)cc1. The lowest BCUT2D eigenvalue weighted by molar-refractivity contribution is -0.143. The minimum Gasteiger partial charge on any atom is -0.481 e. The fraction of sp³-hybridized carbons (Fsp3) is 0.381. The first-order valence-electron chi connectivity index (χ1n) is 8.89. The van der Waals surface area contributed by atoms with Crippen LogP contribution in [0.4, 0.5) is 0 Å². The van der Waals surface area contributed by atoms with Crippen LogP contribution < -0.4 is 0 Å². The van der Waals surface area contributed by atoms with Gasteiger partial charge in [-0.3, -0.25) is 9.69 Å². The number of hydrogen-bond acceptors (Lipinski definition) is 2. The van der Waals surface area contributed by atoms with Crippen LogP contribution in [-0.4, -0.2) is 29.1 Å². The van der Waals surface area contributed by atoms with Gasteiger partial charge in [0.1, 0.15) is 0 Å². The van der Waals surface area contributed by atoms with E-state index in [1.54, 1.807) is 0 Å². The average Bonchev–Trinajstić information content (AvgIpc) is 2.63. The standard InChI is InChI=1S/C21H24BrNO2/c1-2-15-6-8-16(9-7-15)20(18-4-3-5-19(22)14-18)23-12-10-17(11-13-23)21(24)25/h3-9,14,17,20H,2,10-13H2,1H3,(H,24,25). The third-order valence-corrected chi connectivity index (χ3v) is 5.61. The Labute approximate surface area is 157 Å². The van der Waals surface area contributed by atoms with Crippen molar-refractivity contribution in [2.24, 2.45) is 5.92 Å². The van der Waals surface area contributed by atoms with Crippen molar-refractivity contribution in [1.29, 1.82) is 0 Å². The van der Waals surface area contributed by atoms with Gasteiger partial charge in [0.15, 0.2) is 0 Å². The molecule has 3 nitrogen and oxygen atoms in total. The Bertz CT molecular complexity index is 721. The maximum absolute atomic E-state index is 11.3. The minimum atomic E-state index is -0.661. The first kappa shape index (κ1) is 18.2. The van der Waals surface area contributed by atoms with Crippen LogP contribution in [0.3, 0.4) is 0 Å². The fourth-order valence-corrected chi connectivity index (χ4v) is 4.05. The Morgan fingerprint density at radius 1 is 1.16 bits per heavy atom. The van der Waals surface area contributed by atoms with Gasteiger partial charge in [0.2, 0.25) is 0 Å². The molecular weight excluding hydrogens is 378 g/mol. The molecule has 1 aliphatic heterocycles. The van der Waals surface area contributed by atoms with E-state index < -0.39 is 5.97 Å². The number of likely N-dealkylation sites (tertiary alicyclic amines) is 1. The van der Waals surface area contributed by atoms with E-state index in [9.17, 15) is 9.90 Å². The van der Waals surface area contributed by atoms with Crippen molar-refractivity contribution in [3.8, 4) is 0 Å². The predicted octanol–water partition coefficient (Wildman–Crippen LogP) is 4.90. The van der Waals surface area contributed by atoms with Gasteiger partial charge in [-0.1, -0.05) is 59.3 Å². The number of hydrogen-bond donors (Lipinski definition) is 1. The number of carbonyl (C=O) groups is 1. The van der Waals surface area contributed by atoms with Crippen LogP contribution in [0.15, 0.2) is 53.0 Å². The summed E-state index contributed by atoms with van der Waals surface area (Å²) in [6.45, 7) is 3.78. The number of rotatable bonds is 5. The molecule has 0 amide bonds. The van der Waals surface area contributed by atoms with E-state index in [2.05, 4.69) is 70.2 Å². The van der Waals surface area contributed by atoms with E-state index in [0.29, 0.717) is 12.8 Å². The molecule has 0 spiro atoms. The topological polar surface area (TPSA) is 40.5 Å². The largest absolute Gasteiger partial charge is 0.481 e. The molecule has 25 heavy (non-hydrogen) atoms. The lowest BCUT2D eigenvalue weighted by Gasteiger charge is -2.37. The molecule has 1 unspecified atom stereocenters. The Balaban J connectivity index is 1.90.